The van der Waals surface area contributed by atoms with E-state index in [2.05, 4.69) is 26.9 Å². The fourth-order valence-electron chi connectivity index (χ4n) is 1.61. The molecule has 0 spiro atoms. The van der Waals surface area contributed by atoms with E-state index in [0.29, 0.717) is 17.0 Å². The largest absolute Gasteiger partial charge is 0.495 e. The molecule has 0 N–H and O–H groups in total. The molecule has 102 valence electrons. The third-order valence-corrected chi connectivity index (χ3v) is 2.57. The Hall–Kier alpha value is -3.29. The van der Waals surface area contributed by atoms with Crippen LogP contribution < -0.4 is 4.74 Å². The first-order chi connectivity index (χ1) is 10.2. The summed E-state index contributed by atoms with van der Waals surface area (Å²) in [6.07, 6.45) is 1.64. The lowest BCUT2D eigenvalue weighted by Gasteiger charge is -2.04. The van der Waals surface area contributed by atoms with Crippen molar-refractivity contribution in [2.24, 2.45) is 5.11 Å². The summed E-state index contributed by atoms with van der Waals surface area (Å²) < 4.78 is 5.19. The molecule has 0 aliphatic heterocycles. The van der Waals surface area contributed by atoms with Crippen LogP contribution in [0.5, 0.6) is 5.75 Å². The highest BCUT2D eigenvalue weighted by Gasteiger charge is 2.07. The number of pyridine rings is 1. The molecule has 0 saturated carbocycles. The minimum atomic E-state index is -0.666. The average molecular weight is 278 g/mol. The van der Waals surface area contributed by atoms with Crippen molar-refractivity contribution in [1.82, 2.24) is 4.98 Å². The second kappa shape index (κ2) is 6.75. The second-order valence-corrected chi connectivity index (χ2v) is 3.87. The summed E-state index contributed by atoms with van der Waals surface area (Å²) >= 11 is 0. The summed E-state index contributed by atoms with van der Waals surface area (Å²) in [5.74, 6) is 5.63. The maximum atomic E-state index is 11.5. The summed E-state index contributed by atoms with van der Waals surface area (Å²) in [5, 5.41) is 3.05. The van der Waals surface area contributed by atoms with E-state index in [4.69, 9.17) is 10.3 Å². The third kappa shape index (κ3) is 3.60. The predicted molar refractivity (Wildman–Crippen MR) is 76.7 cm³/mol. The highest BCUT2D eigenvalue weighted by Crippen LogP contribution is 2.19. The van der Waals surface area contributed by atoms with Gasteiger partial charge in [-0.25, -0.2) is 4.98 Å². The maximum absolute atomic E-state index is 11.5. The number of carbonyl (C=O) groups excluding carboxylic acids is 1. The Morgan fingerprint density at radius 2 is 2.19 bits per heavy atom. The molecular weight excluding hydrogens is 268 g/mol. The highest BCUT2D eigenvalue weighted by molar-refractivity contribution is 5.95. The van der Waals surface area contributed by atoms with Crippen LogP contribution in [0.15, 0.2) is 47.7 Å². The zero-order valence-electron chi connectivity index (χ0n) is 11.1. The Labute approximate surface area is 121 Å². The van der Waals surface area contributed by atoms with E-state index in [0.717, 1.165) is 0 Å². The fourth-order valence-corrected chi connectivity index (χ4v) is 1.61. The van der Waals surface area contributed by atoms with Gasteiger partial charge in [0.1, 0.15) is 11.4 Å². The summed E-state index contributed by atoms with van der Waals surface area (Å²) in [7, 11) is 1.51. The van der Waals surface area contributed by atoms with Crippen LogP contribution in [0.4, 0.5) is 0 Å². The molecule has 0 atom stereocenters. The molecule has 2 rings (SSSR count). The van der Waals surface area contributed by atoms with Gasteiger partial charge in [-0.2, -0.15) is 0 Å². The number of nitrogens with zero attached hydrogens (tertiary/aromatic N) is 4. The first-order valence-electron chi connectivity index (χ1n) is 5.95. The Morgan fingerprint density at radius 1 is 1.33 bits per heavy atom. The van der Waals surface area contributed by atoms with Gasteiger partial charge in [-0.05, 0) is 46.9 Å². The van der Waals surface area contributed by atoms with Crippen LogP contribution in [0.1, 0.15) is 21.6 Å². The van der Waals surface area contributed by atoms with Crippen LogP contribution in [0.2, 0.25) is 0 Å². The van der Waals surface area contributed by atoms with E-state index < -0.39 is 5.91 Å². The third-order valence-electron chi connectivity index (χ3n) is 2.57. The number of carbonyl (C=O) groups is 1. The van der Waals surface area contributed by atoms with Crippen molar-refractivity contribution in [2.75, 3.05) is 7.11 Å². The lowest BCUT2D eigenvalue weighted by Crippen LogP contribution is -1.96. The minimum Gasteiger partial charge on any atom is -0.495 e. The first-order valence-corrected chi connectivity index (χ1v) is 5.95. The highest BCUT2D eigenvalue weighted by atomic mass is 16.5. The van der Waals surface area contributed by atoms with E-state index >= 15 is 0 Å². The normalized spacial score (nSPS) is 9.00. The molecule has 6 nitrogen and oxygen atoms in total. The molecule has 2 aromatic rings. The second-order valence-electron chi connectivity index (χ2n) is 3.87. The van der Waals surface area contributed by atoms with Crippen molar-refractivity contribution in [3.63, 3.8) is 0 Å². The quantitative estimate of drug-likeness (QED) is 0.366. The predicted octanol–water partition coefficient (Wildman–Crippen LogP) is 2.94. The number of azide groups is 1. The zero-order valence-corrected chi connectivity index (χ0v) is 11.1. The lowest BCUT2D eigenvalue weighted by atomic mass is 10.1. The van der Waals surface area contributed by atoms with Gasteiger partial charge >= 0.3 is 0 Å². The number of hydrogen-bond acceptors (Lipinski definition) is 3. The number of aromatic nitrogens is 1. The van der Waals surface area contributed by atoms with Gasteiger partial charge in [-0.3, -0.25) is 4.79 Å². The molecule has 0 aliphatic carbocycles. The van der Waals surface area contributed by atoms with E-state index in [9.17, 15) is 4.79 Å². The standard InChI is InChI=1S/C15H10N4O2/c1-21-14-8-6-12(15(20)18-19-16)10-11(14)5-7-13-4-2-3-9-17-13/h2-4,6,8-10H,1H3. The van der Waals surface area contributed by atoms with E-state index in [1.54, 1.807) is 24.4 Å². The Kier molecular flexibility index (Phi) is 4.54. The maximum Gasteiger partial charge on any atom is 0.249 e. The van der Waals surface area contributed by atoms with E-state index in [1.807, 2.05) is 6.07 Å². The molecular formula is C15H10N4O2. The monoisotopic (exact) mass is 278 g/mol. The van der Waals surface area contributed by atoms with Gasteiger partial charge in [0.15, 0.2) is 0 Å². The van der Waals surface area contributed by atoms with Crippen LogP contribution in [-0.2, 0) is 0 Å². The smallest absolute Gasteiger partial charge is 0.249 e. The van der Waals surface area contributed by atoms with Gasteiger partial charge < -0.3 is 4.74 Å². The Balaban J connectivity index is 2.42. The van der Waals surface area contributed by atoms with Crippen LogP contribution in [0, 0.1) is 11.8 Å². The van der Waals surface area contributed by atoms with Gasteiger partial charge in [0.2, 0.25) is 5.91 Å². The summed E-state index contributed by atoms with van der Waals surface area (Å²) in [6.45, 7) is 0. The van der Waals surface area contributed by atoms with Gasteiger partial charge in [0, 0.05) is 16.7 Å². The molecule has 21 heavy (non-hydrogen) atoms. The fraction of sp³-hybridized carbons (Fsp3) is 0.0667. The van der Waals surface area contributed by atoms with E-state index in [-0.39, 0.29) is 5.56 Å². The number of rotatable bonds is 2. The molecule has 1 aromatic carbocycles. The van der Waals surface area contributed by atoms with Crippen LogP contribution >= 0.6 is 0 Å². The average Bonchev–Trinajstić information content (AvgIpc) is 2.54. The van der Waals surface area contributed by atoms with Crippen molar-refractivity contribution < 1.29 is 9.53 Å². The molecule has 0 bridgehead atoms. The number of methoxy groups -OCH3 is 1. The molecule has 0 unspecified atom stereocenters. The summed E-state index contributed by atoms with van der Waals surface area (Å²) in [5.41, 5.74) is 9.66. The van der Waals surface area contributed by atoms with Gasteiger partial charge in [-0.15, -0.1) is 0 Å². The number of hydrogen-bond donors (Lipinski definition) is 0. The van der Waals surface area contributed by atoms with E-state index in [1.165, 1.54) is 19.2 Å². The number of benzene rings is 1. The molecule has 6 heteroatoms. The SMILES string of the molecule is COc1ccc(C(=O)N=[N+]=[N-])cc1C#Cc1ccccn1. The van der Waals surface area contributed by atoms with Crippen molar-refractivity contribution >= 4 is 5.91 Å². The van der Waals surface area contributed by atoms with Crippen LogP contribution in [-0.4, -0.2) is 18.0 Å². The van der Waals surface area contributed by atoms with Crippen LogP contribution in [0.25, 0.3) is 10.4 Å². The molecule has 0 aliphatic rings. The Morgan fingerprint density at radius 3 is 2.86 bits per heavy atom. The molecule has 0 fully saturated rings. The summed E-state index contributed by atoms with van der Waals surface area (Å²) in [6, 6.07) is 10.0. The van der Waals surface area contributed by atoms with Gasteiger partial charge in [0.05, 0.1) is 12.7 Å². The zero-order chi connectivity index (χ0) is 15.1. The van der Waals surface area contributed by atoms with Crippen molar-refractivity contribution in [3.8, 4) is 17.6 Å². The number of amides is 1. The van der Waals surface area contributed by atoms with Crippen molar-refractivity contribution in [2.45, 2.75) is 0 Å². The van der Waals surface area contributed by atoms with Crippen molar-refractivity contribution in [1.29, 1.82) is 0 Å². The molecule has 1 aromatic heterocycles. The van der Waals surface area contributed by atoms with Gasteiger partial charge in [0.25, 0.3) is 0 Å². The lowest BCUT2D eigenvalue weighted by molar-refractivity contribution is 0.100. The van der Waals surface area contributed by atoms with Gasteiger partial charge in [-0.1, -0.05) is 12.0 Å². The minimum absolute atomic E-state index is 0.249. The Bertz CT molecular complexity index is 769. The molecule has 1 amide bonds. The van der Waals surface area contributed by atoms with Crippen LogP contribution in [0.3, 0.4) is 0 Å². The van der Waals surface area contributed by atoms with Crippen molar-refractivity contribution in [3.05, 3.63) is 69.9 Å². The summed E-state index contributed by atoms with van der Waals surface area (Å²) in [4.78, 5) is 18.1. The topological polar surface area (TPSA) is 88.0 Å². The molecule has 1 heterocycles. The molecule has 0 saturated heterocycles. The first kappa shape index (κ1) is 14.1. The molecule has 0 radical (unpaired) electrons. The number of ether oxygens (including phenoxy) is 1.